The van der Waals surface area contributed by atoms with E-state index in [0.29, 0.717) is 17.9 Å². The second-order valence-corrected chi connectivity index (χ2v) is 10.2. The predicted molar refractivity (Wildman–Crippen MR) is 155 cm³/mol. The summed E-state index contributed by atoms with van der Waals surface area (Å²) < 4.78 is 18.9. The lowest BCUT2D eigenvalue weighted by Gasteiger charge is -2.17. The number of nitrogens with one attached hydrogen (secondary N) is 3. The van der Waals surface area contributed by atoms with Gasteiger partial charge in [-0.3, -0.25) is 9.78 Å². The Morgan fingerprint density at radius 1 is 1.05 bits per heavy atom. The van der Waals surface area contributed by atoms with Gasteiger partial charge >= 0.3 is 6.09 Å². The van der Waals surface area contributed by atoms with E-state index in [1.54, 1.807) is 30.6 Å². The fraction of sp³-hybridized carbons (Fsp3) is 0.200. The van der Waals surface area contributed by atoms with Crippen LogP contribution in [0.15, 0.2) is 78.4 Å². The van der Waals surface area contributed by atoms with Crippen LogP contribution in [0.5, 0.6) is 0 Å². The Bertz CT molecular complexity index is 1590. The largest absolute Gasteiger partial charge is 0.450 e. The fourth-order valence-electron chi connectivity index (χ4n) is 4.34. The summed E-state index contributed by atoms with van der Waals surface area (Å²) in [5.74, 6) is -0.413. The molecule has 0 aliphatic rings. The lowest BCUT2D eigenvalue weighted by atomic mass is 10.00. The molecule has 40 heavy (non-hydrogen) atoms. The van der Waals surface area contributed by atoms with Gasteiger partial charge in [0.05, 0.1) is 12.3 Å². The van der Waals surface area contributed by atoms with Crippen LogP contribution < -0.4 is 10.6 Å². The van der Waals surface area contributed by atoms with Gasteiger partial charge in [-0.05, 0) is 77.5 Å². The Morgan fingerprint density at radius 2 is 1.85 bits per heavy atom. The minimum absolute atomic E-state index is 0.289. The van der Waals surface area contributed by atoms with Crippen LogP contribution in [0.1, 0.15) is 24.6 Å². The first-order valence-corrected chi connectivity index (χ1v) is 13.9. The van der Waals surface area contributed by atoms with Gasteiger partial charge in [0, 0.05) is 34.6 Å². The Balaban J connectivity index is 1.43. The third-order valence-electron chi connectivity index (χ3n) is 6.34. The number of amides is 2. The fourth-order valence-corrected chi connectivity index (χ4v) is 5.09. The molecule has 5 aromatic rings. The monoisotopic (exact) mass is 557 g/mol. The molecule has 0 aliphatic heterocycles. The molecular formula is C30H28FN5O3S. The van der Waals surface area contributed by atoms with Crippen LogP contribution in [0.2, 0.25) is 0 Å². The maximum absolute atomic E-state index is 13.6. The Labute approximate surface area is 234 Å². The highest BCUT2D eigenvalue weighted by Crippen LogP contribution is 2.38. The van der Waals surface area contributed by atoms with Crippen LogP contribution in [-0.2, 0) is 16.0 Å². The number of carbonyl (C=O) groups is 2. The van der Waals surface area contributed by atoms with E-state index >= 15 is 0 Å². The number of pyridine rings is 2. The molecule has 8 nitrogen and oxygen atoms in total. The number of carbonyl (C=O) groups excluding carboxylic acids is 2. The lowest BCUT2D eigenvalue weighted by Crippen LogP contribution is -2.45. The number of aromatic nitrogens is 3. The summed E-state index contributed by atoms with van der Waals surface area (Å²) in [6, 6.07) is 16.6. The molecule has 3 N–H and O–H groups in total. The SMILES string of the molecule is CCCCOC(=O)NC(Cc1cccs1)C(=O)Nc1ccc2c(-c3ccncc3)c(-c3ccc(F)cc3)[nH]c2n1. The van der Waals surface area contributed by atoms with Crippen LogP contribution in [0.4, 0.5) is 15.0 Å². The number of rotatable bonds is 10. The maximum Gasteiger partial charge on any atom is 0.407 e. The summed E-state index contributed by atoms with van der Waals surface area (Å²) in [5, 5.41) is 8.28. The molecule has 10 heteroatoms. The van der Waals surface area contributed by atoms with Crippen LogP contribution in [0.25, 0.3) is 33.4 Å². The number of hydrogen-bond donors (Lipinski definition) is 3. The van der Waals surface area contributed by atoms with Crippen LogP contribution in [0.3, 0.4) is 0 Å². The van der Waals surface area contributed by atoms with Gasteiger partial charge < -0.3 is 20.4 Å². The zero-order chi connectivity index (χ0) is 27.9. The molecule has 4 aromatic heterocycles. The van der Waals surface area contributed by atoms with Crippen molar-refractivity contribution in [1.29, 1.82) is 0 Å². The zero-order valence-corrected chi connectivity index (χ0v) is 22.6. The number of halogens is 1. The van der Waals surface area contributed by atoms with E-state index in [2.05, 4.69) is 25.6 Å². The zero-order valence-electron chi connectivity index (χ0n) is 21.8. The van der Waals surface area contributed by atoms with Crippen molar-refractivity contribution < 1.29 is 18.7 Å². The Hall–Kier alpha value is -4.57. The Morgan fingerprint density at radius 3 is 2.58 bits per heavy atom. The topological polar surface area (TPSA) is 109 Å². The van der Waals surface area contributed by atoms with E-state index in [-0.39, 0.29) is 12.4 Å². The molecule has 204 valence electrons. The molecule has 1 atom stereocenters. The third kappa shape index (κ3) is 6.35. The number of nitrogens with zero attached hydrogens (tertiary/aromatic N) is 2. The molecule has 0 radical (unpaired) electrons. The highest BCUT2D eigenvalue weighted by molar-refractivity contribution is 7.09. The smallest absolute Gasteiger partial charge is 0.407 e. The van der Waals surface area contributed by atoms with Crippen LogP contribution >= 0.6 is 11.3 Å². The number of anilines is 1. The van der Waals surface area contributed by atoms with E-state index in [9.17, 15) is 14.0 Å². The molecule has 0 saturated carbocycles. The van der Waals surface area contributed by atoms with E-state index < -0.39 is 18.0 Å². The van der Waals surface area contributed by atoms with Gasteiger partial charge in [-0.2, -0.15) is 0 Å². The first-order chi connectivity index (χ1) is 19.5. The summed E-state index contributed by atoms with van der Waals surface area (Å²) in [6.07, 6.45) is 4.74. The first-order valence-electron chi connectivity index (χ1n) is 13.0. The standard InChI is InChI=1S/C30H28FN5O3S/c1-2-3-16-39-30(38)33-24(18-22-5-4-17-40-22)29(37)35-25-11-10-23-26(19-12-14-32-15-13-19)27(36-28(23)34-25)20-6-8-21(31)9-7-20/h4-15,17,24H,2-3,16,18H2,1H3,(H,33,38)(H2,34,35,36,37). The molecule has 1 aromatic carbocycles. The van der Waals surface area contributed by atoms with Crippen molar-refractivity contribution in [3.05, 3.63) is 89.1 Å². The molecule has 0 fully saturated rings. The quantitative estimate of drug-likeness (QED) is 0.168. The van der Waals surface area contributed by atoms with Crippen molar-refractivity contribution >= 4 is 40.2 Å². The summed E-state index contributed by atoms with van der Waals surface area (Å²) in [6.45, 7) is 2.29. The lowest BCUT2D eigenvalue weighted by molar-refractivity contribution is -0.118. The molecule has 0 aliphatic carbocycles. The van der Waals surface area contributed by atoms with Gasteiger partial charge in [-0.1, -0.05) is 19.4 Å². The highest BCUT2D eigenvalue weighted by atomic mass is 32.1. The Kier molecular flexibility index (Phi) is 8.46. The molecule has 4 heterocycles. The van der Waals surface area contributed by atoms with E-state index in [0.717, 1.165) is 45.5 Å². The van der Waals surface area contributed by atoms with Gasteiger partial charge in [0.15, 0.2) is 0 Å². The molecule has 1 unspecified atom stereocenters. The maximum atomic E-state index is 13.6. The molecule has 0 saturated heterocycles. The van der Waals surface area contributed by atoms with Crippen molar-refractivity contribution in [3.63, 3.8) is 0 Å². The highest BCUT2D eigenvalue weighted by Gasteiger charge is 2.24. The average Bonchev–Trinajstić information content (AvgIpc) is 3.61. The number of ether oxygens (including phenoxy) is 1. The summed E-state index contributed by atoms with van der Waals surface area (Å²) in [4.78, 5) is 38.8. The summed E-state index contributed by atoms with van der Waals surface area (Å²) >= 11 is 1.51. The van der Waals surface area contributed by atoms with E-state index in [4.69, 9.17) is 4.74 Å². The van der Waals surface area contributed by atoms with Crippen LogP contribution in [-0.4, -0.2) is 39.6 Å². The van der Waals surface area contributed by atoms with Gasteiger partial charge in [-0.25, -0.2) is 14.2 Å². The van der Waals surface area contributed by atoms with E-state index in [1.165, 1.54) is 23.5 Å². The van der Waals surface area contributed by atoms with Crippen molar-refractivity contribution in [3.8, 4) is 22.4 Å². The summed E-state index contributed by atoms with van der Waals surface area (Å²) in [7, 11) is 0. The molecule has 0 bridgehead atoms. The van der Waals surface area contributed by atoms with Gasteiger partial charge in [0.25, 0.3) is 0 Å². The number of H-pyrrole nitrogens is 1. The molecule has 2 amide bonds. The number of unbranched alkanes of at least 4 members (excludes halogenated alkanes) is 1. The van der Waals surface area contributed by atoms with Gasteiger partial charge in [0.1, 0.15) is 23.3 Å². The van der Waals surface area contributed by atoms with Crippen molar-refractivity contribution in [2.75, 3.05) is 11.9 Å². The second kappa shape index (κ2) is 12.5. The van der Waals surface area contributed by atoms with Crippen molar-refractivity contribution in [1.82, 2.24) is 20.3 Å². The number of alkyl carbamates (subject to hydrolysis) is 1. The molecule has 0 spiro atoms. The van der Waals surface area contributed by atoms with Crippen molar-refractivity contribution in [2.45, 2.75) is 32.2 Å². The molecule has 5 rings (SSSR count). The number of hydrogen-bond acceptors (Lipinski definition) is 6. The van der Waals surface area contributed by atoms with Crippen LogP contribution in [0, 0.1) is 5.82 Å². The second-order valence-electron chi connectivity index (χ2n) is 9.17. The number of thiophene rings is 1. The predicted octanol–water partition coefficient (Wildman–Crippen LogP) is 6.57. The summed E-state index contributed by atoms with van der Waals surface area (Å²) in [5.41, 5.74) is 3.91. The third-order valence-corrected chi connectivity index (χ3v) is 7.23. The molecular weight excluding hydrogens is 529 g/mol. The average molecular weight is 558 g/mol. The van der Waals surface area contributed by atoms with Crippen molar-refractivity contribution in [2.24, 2.45) is 0 Å². The minimum atomic E-state index is -0.851. The first kappa shape index (κ1) is 27.0. The van der Waals surface area contributed by atoms with Gasteiger partial charge in [-0.15, -0.1) is 11.3 Å². The number of benzene rings is 1. The number of fused-ring (bicyclic) bond motifs is 1. The minimum Gasteiger partial charge on any atom is -0.450 e. The van der Waals surface area contributed by atoms with Gasteiger partial charge in [0.2, 0.25) is 5.91 Å². The number of aromatic amines is 1. The normalized spacial score (nSPS) is 11.8. The van der Waals surface area contributed by atoms with E-state index in [1.807, 2.05) is 42.6 Å².